The van der Waals surface area contributed by atoms with E-state index in [0.29, 0.717) is 6.42 Å². The predicted molar refractivity (Wildman–Crippen MR) is 98.4 cm³/mol. The summed E-state index contributed by atoms with van der Waals surface area (Å²) in [6, 6.07) is -0.791. The maximum absolute atomic E-state index is 11.9. The highest BCUT2D eigenvalue weighted by Gasteiger charge is 2.21. The second kappa shape index (κ2) is 15.1. The van der Waals surface area contributed by atoms with Gasteiger partial charge < -0.3 is 19.8 Å². The highest BCUT2D eigenvalue weighted by Crippen LogP contribution is 2.35. The van der Waals surface area contributed by atoms with Crippen LogP contribution in [0.4, 0.5) is 0 Å². The zero-order chi connectivity index (χ0) is 19.8. The van der Waals surface area contributed by atoms with Gasteiger partial charge in [-0.15, -0.1) is 0 Å². The van der Waals surface area contributed by atoms with Gasteiger partial charge in [0, 0.05) is 12.8 Å². The fraction of sp³-hybridized carbons (Fsp3) is 0.882. The van der Waals surface area contributed by atoms with E-state index >= 15 is 0 Å². The molecule has 0 aliphatic carbocycles. The van der Waals surface area contributed by atoms with Crippen molar-refractivity contribution in [1.82, 2.24) is 5.32 Å². The van der Waals surface area contributed by atoms with Crippen molar-refractivity contribution in [2.24, 2.45) is 0 Å². The van der Waals surface area contributed by atoms with Gasteiger partial charge in [0.15, 0.2) is 0 Å². The molecule has 0 fully saturated rings. The second-order valence-corrected chi connectivity index (χ2v) is 7.59. The Hall–Kier alpha value is -0.950. The molecule has 3 N–H and O–H groups in total. The summed E-state index contributed by atoms with van der Waals surface area (Å²) in [5.74, 6) is -0.640. The van der Waals surface area contributed by atoms with Gasteiger partial charge in [0.1, 0.15) is 6.61 Å². The molecule has 1 amide bonds. The minimum absolute atomic E-state index is 0.173. The molecule has 0 aromatic heterocycles. The average Bonchev–Trinajstić information content (AvgIpc) is 2.57. The number of hydrogen-bond donors (Lipinski definition) is 3. The number of phosphoric acid groups is 1. The van der Waals surface area contributed by atoms with Crippen molar-refractivity contribution in [2.75, 3.05) is 13.2 Å². The number of esters is 1. The van der Waals surface area contributed by atoms with E-state index in [1.807, 2.05) is 0 Å². The molecule has 8 nitrogen and oxygen atoms in total. The van der Waals surface area contributed by atoms with Gasteiger partial charge in [-0.1, -0.05) is 52.4 Å². The van der Waals surface area contributed by atoms with E-state index in [-0.39, 0.29) is 24.9 Å². The van der Waals surface area contributed by atoms with Crippen LogP contribution in [0.2, 0.25) is 0 Å². The van der Waals surface area contributed by atoms with Crippen LogP contribution >= 0.6 is 7.82 Å². The van der Waals surface area contributed by atoms with Crippen molar-refractivity contribution < 1.29 is 33.2 Å². The number of hydrogen-bond acceptors (Lipinski definition) is 5. The molecular weight excluding hydrogens is 361 g/mol. The molecule has 9 heteroatoms. The number of amides is 1. The Morgan fingerprint density at radius 2 is 1.50 bits per heavy atom. The lowest BCUT2D eigenvalue weighted by Crippen LogP contribution is -2.41. The fourth-order valence-corrected chi connectivity index (χ4v) is 2.67. The van der Waals surface area contributed by atoms with Gasteiger partial charge in [0.2, 0.25) is 5.91 Å². The molecule has 0 aromatic carbocycles. The first-order chi connectivity index (χ1) is 12.3. The first-order valence-corrected chi connectivity index (χ1v) is 11.0. The number of carbonyl (C=O) groups excluding carboxylic acids is 2. The molecule has 0 bridgehead atoms. The smallest absolute Gasteiger partial charge is 0.463 e. The van der Waals surface area contributed by atoms with Crippen LogP contribution in [-0.2, 0) is 23.4 Å². The lowest BCUT2D eigenvalue weighted by Gasteiger charge is -2.19. The molecule has 154 valence electrons. The van der Waals surface area contributed by atoms with Crippen LogP contribution in [0.5, 0.6) is 0 Å². The quantitative estimate of drug-likeness (QED) is 0.208. The van der Waals surface area contributed by atoms with E-state index in [9.17, 15) is 14.2 Å². The maximum Gasteiger partial charge on any atom is 0.469 e. The average molecular weight is 395 g/mol. The van der Waals surface area contributed by atoms with Crippen molar-refractivity contribution in [3.63, 3.8) is 0 Å². The molecule has 0 saturated heterocycles. The number of ether oxygens (including phenoxy) is 1. The summed E-state index contributed by atoms with van der Waals surface area (Å²) in [7, 11) is -4.66. The van der Waals surface area contributed by atoms with Crippen LogP contribution < -0.4 is 5.32 Å². The second-order valence-electron chi connectivity index (χ2n) is 6.36. The number of nitrogens with one attached hydrogen (secondary N) is 1. The molecule has 0 aliphatic heterocycles. The summed E-state index contributed by atoms with van der Waals surface area (Å²) in [5.41, 5.74) is 0. The van der Waals surface area contributed by atoms with Crippen molar-refractivity contribution >= 4 is 19.7 Å². The molecule has 0 aliphatic rings. The Labute approximate surface area is 156 Å². The van der Waals surface area contributed by atoms with Crippen LogP contribution in [0.15, 0.2) is 0 Å². The van der Waals surface area contributed by atoms with Gasteiger partial charge in [0.05, 0.1) is 12.6 Å². The van der Waals surface area contributed by atoms with E-state index < -0.39 is 20.5 Å². The Morgan fingerprint density at radius 1 is 0.923 bits per heavy atom. The van der Waals surface area contributed by atoms with Crippen LogP contribution in [0, 0.1) is 0 Å². The van der Waals surface area contributed by atoms with E-state index in [1.54, 1.807) is 0 Å². The Balaban J connectivity index is 4.30. The van der Waals surface area contributed by atoms with Gasteiger partial charge in [0.25, 0.3) is 0 Å². The lowest BCUT2D eigenvalue weighted by molar-refractivity contribution is -0.145. The molecule has 26 heavy (non-hydrogen) atoms. The molecule has 0 saturated carbocycles. The molecule has 1 atom stereocenters. The van der Waals surface area contributed by atoms with Crippen LogP contribution in [0.3, 0.4) is 0 Å². The Bertz CT molecular complexity index is 439. The van der Waals surface area contributed by atoms with Gasteiger partial charge in [-0.3, -0.25) is 14.1 Å². The van der Waals surface area contributed by atoms with Crippen LogP contribution in [0.1, 0.15) is 78.1 Å². The van der Waals surface area contributed by atoms with Crippen LogP contribution in [0.25, 0.3) is 0 Å². The Morgan fingerprint density at radius 3 is 2.04 bits per heavy atom. The number of rotatable bonds is 16. The molecule has 0 spiro atoms. The molecule has 0 radical (unpaired) electrons. The standard InChI is InChI=1S/C17H34NO7P/c1-3-5-7-9-11-16(19)18-15(14-25-26(21,22)23)13-24-17(20)12-10-8-6-4-2/h15H,3-14H2,1-2H3,(H,18,19)(H2,21,22,23)/t15-/m1/s1. The molecule has 0 rings (SSSR count). The van der Waals surface area contributed by atoms with Gasteiger partial charge >= 0.3 is 13.8 Å². The lowest BCUT2D eigenvalue weighted by atomic mass is 10.1. The van der Waals surface area contributed by atoms with Crippen molar-refractivity contribution in [1.29, 1.82) is 0 Å². The summed E-state index contributed by atoms with van der Waals surface area (Å²) in [5, 5.41) is 2.61. The number of phosphoric ester groups is 1. The van der Waals surface area contributed by atoms with Crippen LogP contribution in [-0.4, -0.2) is 40.9 Å². The zero-order valence-electron chi connectivity index (χ0n) is 15.9. The third kappa shape index (κ3) is 16.5. The fourth-order valence-electron chi connectivity index (χ4n) is 2.29. The third-order valence-electron chi connectivity index (χ3n) is 3.75. The Kier molecular flexibility index (Phi) is 14.6. The van der Waals surface area contributed by atoms with E-state index in [4.69, 9.17) is 14.5 Å². The summed E-state index contributed by atoms with van der Waals surface area (Å²) < 4.78 is 20.4. The molecule has 0 aromatic rings. The number of carbonyl (C=O) groups is 2. The monoisotopic (exact) mass is 395 g/mol. The van der Waals surface area contributed by atoms with Crippen molar-refractivity contribution in [2.45, 2.75) is 84.1 Å². The van der Waals surface area contributed by atoms with E-state index in [2.05, 4.69) is 23.7 Å². The summed E-state index contributed by atoms with van der Waals surface area (Å²) in [6.07, 6.45) is 8.21. The summed E-state index contributed by atoms with van der Waals surface area (Å²) in [6.45, 7) is 3.56. The van der Waals surface area contributed by atoms with E-state index in [0.717, 1.165) is 51.4 Å². The maximum atomic E-state index is 11.9. The largest absolute Gasteiger partial charge is 0.469 e. The molecule has 0 heterocycles. The van der Waals surface area contributed by atoms with Gasteiger partial charge in [-0.05, 0) is 12.8 Å². The minimum atomic E-state index is -4.66. The summed E-state index contributed by atoms with van der Waals surface area (Å²) in [4.78, 5) is 41.3. The zero-order valence-corrected chi connectivity index (χ0v) is 16.8. The third-order valence-corrected chi connectivity index (χ3v) is 4.23. The predicted octanol–water partition coefficient (Wildman–Crippen LogP) is 3.06. The normalized spacial score (nSPS) is 12.6. The van der Waals surface area contributed by atoms with Crippen molar-refractivity contribution in [3.8, 4) is 0 Å². The molecular formula is C17H34NO7P. The molecule has 0 unspecified atom stereocenters. The van der Waals surface area contributed by atoms with E-state index in [1.165, 1.54) is 0 Å². The first-order valence-electron chi connectivity index (χ1n) is 9.43. The van der Waals surface area contributed by atoms with Gasteiger partial charge in [-0.25, -0.2) is 4.57 Å². The topological polar surface area (TPSA) is 122 Å². The first kappa shape index (κ1) is 25.1. The highest BCUT2D eigenvalue weighted by atomic mass is 31.2. The minimum Gasteiger partial charge on any atom is -0.463 e. The SMILES string of the molecule is CCCCCCC(=O)N[C@H](COC(=O)CCCCCC)COP(=O)(O)O. The summed E-state index contributed by atoms with van der Waals surface area (Å²) >= 11 is 0. The highest BCUT2D eigenvalue weighted by molar-refractivity contribution is 7.46. The number of unbranched alkanes of at least 4 members (excludes halogenated alkanes) is 6. The van der Waals surface area contributed by atoms with Gasteiger partial charge in [-0.2, -0.15) is 0 Å². The van der Waals surface area contributed by atoms with Crippen molar-refractivity contribution in [3.05, 3.63) is 0 Å².